The molecule has 10 heteroatoms. The summed E-state index contributed by atoms with van der Waals surface area (Å²) in [5, 5.41) is 6.45. The number of hydrogen-bond donors (Lipinski definition) is 0. The van der Waals surface area contributed by atoms with Crippen LogP contribution in [0.5, 0.6) is 0 Å². The predicted molar refractivity (Wildman–Crippen MR) is 117 cm³/mol. The van der Waals surface area contributed by atoms with E-state index in [9.17, 15) is 4.79 Å². The smallest absolute Gasteiger partial charge is 0.327 e. The number of carbonyl (C=O) groups is 1. The molecule has 0 aliphatic carbocycles. The number of fused-ring (bicyclic) bond motifs is 1. The minimum Gasteiger partial charge on any atom is -0.468 e. The number of rotatable bonds is 7. The maximum atomic E-state index is 11.7. The number of hydrogen-bond acceptors (Lipinski definition) is 8. The Morgan fingerprint density at radius 3 is 2.75 bits per heavy atom. The molecule has 0 spiro atoms. The van der Waals surface area contributed by atoms with Crippen LogP contribution in [0.15, 0.2) is 82.0 Å². The van der Waals surface area contributed by atoms with Gasteiger partial charge in [0.15, 0.2) is 10.8 Å². The summed E-state index contributed by atoms with van der Waals surface area (Å²) >= 11 is 1.41. The Kier molecular flexibility index (Phi) is 5.42. The van der Waals surface area contributed by atoms with Gasteiger partial charge in [0, 0.05) is 0 Å². The van der Waals surface area contributed by atoms with E-state index in [1.807, 2.05) is 48.7 Å². The Bertz CT molecular complexity index is 1360. The molecule has 5 aromatic rings. The van der Waals surface area contributed by atoms with Gasteiger partial charge in [-0.1, -0.05) is 30.3 Å². The fourth-order valence-corrected chi connectivity index (χ4v) is 4.24. The maximum absolute atomic E-state index is 11.7. The number of nitrogens with zero attached hydrogens (tertiary/aromatic N) is 6. The van der Waals surface area contributed by atoms with Crippen molar-refractivity contribution in [2.45, 2.75) is 23.3 Å². The summed E-state index contributed by atoms with van der Waals surface area (Å²) in [6.07, 6.45) is 6.61. The fraction of sp³-hybridized carbons (Fsp3) is 0.136. The average molecular weight is 446 g/mol. The number of esters is 1. The van der Waals surface area contributed by atoms with Gasteiger partial charge in [-0.25, -0.2) is 19.6 Å². The van der Waals surface area contributed by atoms with Crippen molar-refractivity contribution in [3.8, 4) is 11.3 Å². The van der Waals surface area contributed by atoms with E-state index < -0.39 is 5.97 Å². The van der Waals surface area contributed by atoms with E-state index in [1.165, 1.54) is 29.9 Å². The van der Waals surface area contributed by atoms with Crippen molar-refractivity contribution in [3.63, 3.8) is 0 Å². The zero-order valence-electron chi connectivity index (χ0n) is 17.1. The van der Waals surface area contributed by atoms with Crippen LogP contribution in [0.25, 0.3) is 22.3 Å². The molecule has 0 saturated heterocycles. The Hall–Kier alpha value is -3.92. The summed E-state index contributed by atoms with van der Waals surface area (Å²) in [4.78, 5) is 25.1. The van der Waals surface area contributed by atoms with Crippen LogP contribution >= 0.6 is 11.8 Å². The molecule has 0 saturated carbocycles. The summed E-state index contributed by atoms with van der Waals surface area (Å²) in [5.41, 5.74) is 2.58. The highest BCUT2D eigenvalue weighted by Crippen LogP contribution is 2.33. The van der Waals surface area contributed by atoms with Crippen molar-refractivity contribution >= 4 is 28.8 Å². The summed E-state index contributed by atoms with van der Waals surface area (Å²) in [6.45, 7) is 0.502. The van der Waals surface area contributed by atoms with E-state index in [-0.39, 0.29) is 6.54 Å². The predicted octanol–water partition coefficient (Wildman–Crippen LogP) is 3.66. The van der Waals surface area contributed by atoms with Gasteiger partial charge in [0.25, 0.3) is 0 Å². The van der Waals surface area contributed by atoms with Crippen molar-refractivity contribution in [1.29, 1.82) is 0 Å². The van der Waals surface area contributed by atoms with E-state index in [2.05, 4.69) is 24.6 Å². The Labute approximate surface area is 187 Å². The molecule has 0 radical (unpaired) electrons. The lowest BCUT2D eigenvalue weighted by atomic mass is 10.2. The van der Waals surface area contributed by atoms with E-state index >= 15 is 0 Å². The Balaban J connectivity index is 1.54. The summed E-state index contributed by atoms with van der Waals surface area (Å²) in [7, 11) is 1.34. The third-order valence-corrected chi connectivity index (χ3v) is 5.90. The molecule has 0 N–H and O–H groups in total. The first-order valence-electron chi connectivity index (χ1n) is 9.77. The van der Waals surface area contributed by atoms with Gasteiger partial charge in [0.05, 0.1) is 43.4 Å². The topological polar surface area (TPSA) is 101 Å². The number of ether oxygens (including phenoxy) is 1. The summed E-state index contributed by atoms with van der Waals surface area (Å²) < 4.78 is 13.9. The highest BCUT2D eigenvalue weighted by atomic mass is 32.2. The van der Waals surface area contributed by atoms with E-state index in [4.69, 9.17) is 9.15 Å². The molecule has 0 fully saturated rings. The minimum atomic E-state index is -0.399. The number of aromatic nitrogens is 6. The van der Waals surface area contributed by atoms with Gasteiger partial charge in [-0.3, -0.25) is 4.79 Å². The van der Waals surface area contributed by atoms with Crippen molar-refractivity contribution in [1.82, 2.24) is 29.3 Å². The lowest BCUT2D eigenvalue weighted by Crippen LogP contribution is -2.13. The summed E-state index contributed by atoms with van der Waals surface area (Å²) in [5.74, 6) is 0.421. The van der Waals surface area contributed by atoms with Crippen molar-refractivity contribution in [2.75, 3.05) is 7.11 Å². The van der Waals surface area contributed by atoms with Crippen LogP contribution in [-0.4, -0.2) is 42.4 Å². The molecule has 32 heavy (non-hydrogen) atoms. The number of carbonyl (C=O) groups excluding carboxylic acids is 1. The van der Waals surface area contributed by atoms with Crippen LogP contribution in [0.3, 0.4) is 0 Å². The second-order valence-corrected chi connectivity index (χ2v) is 7.81. The molecule has 0 amide bonds. The normalized spacial score (nSPS) is 11.2. The van der Waals surface area contributed by atoms with Crippen molar-refractivity contribution in [2.24, 2.45) is 0 Å². The van der Waals surface area contributed by atoms with Crippen LogP contribution in [-0.2, 0) is 22.6 Å². The molecular weight excluding hydrogens is 428 g/mol. The average Bonchev–Trinajstić information content (AvgIpc) is 3.57. The zero-order chi connectivity index (χ0) is 21.9. The summed E-state index contributed by atoms with van der Waals surface area (Å²) in [6, 6.07) is 13.9. The van der Waals surface area contributed by atoms with Crippen molar-refractivity contribution < 1.29 is 13.9 Å². The van der Waals surface area contributed by atoms with Gasteiger partial charge in [0.1, 0.15) is 23.7 Å². The van der Waals surface area contributed by atoms with Crippen LogP contribution in [0, 0.1) is 0 Å². The first-order valence-corrected chi connectivity index (χ1v) is 10.6. The molecular formula is C22H18N6O3S. The van der Waals surface area contributed by atoms with E-state index in [0.717, 1.165) is 27.6 Å². The van der Waals surface area contributed by atoms with Gasteiger partial charge in [-0.15, -0.1) is 0 Å². The Morgan fingerprint density at radius 1 is 1.09 bits per heavy atom. The lowest BCUT2D eigenvalue weighted by molar-refractivity contribution is -0.141. The largest absolute Gasteiger partial charge is 0.468 e. The van der Waals surface area contributed by atoms with Gasteiger partial charge in [-0.2, -0.15) is 5.10 Å². The number of furan rings is 1. The first kappa shape index (κ1) is 20.0. The SMILES string of the molecule is COC(=O)Cn1ncc2c(Sc3ncc(-c4ccccc4)n3Cc3ccco3)ncnc21. The maximum Gasteiger partial charge on any atom is 0.327 e. The van der Waals surface area contributed by atoms with Gasteiger partial charge < -0.3 is 13.7 Å². The minimum absolute atomic E-state index is 0.0214. The van der Waals surface area contributed by atoms with E-state index in [0.29, 0.717) is 17.2 Å². The molecule has 5 rings (SSSR count). The molecule has 0 aliphatic rings. The molecule has 160 valence electrons. The molecule has 9 nitrogen and oxygen atoms in total. The third kappa shape index (κ3) is 3.87. The molecule has 0 bridgehead atoms. The number of methoxy groups -OCH3 is 1. The van der Waals surface area contributed by atoms with Crippen LogP contribution in [0.4, 0.5) is 0 Å². The standard InChI is InChI=1S/C22H18N6O3S/c1-30-19(29)13-28-20-17(10-26-28)21(25-14-24-20)32-22-23-11-18(15-6-3-2-4-7-15)27(22)12-16-8-5-9-31-16/h2-11,14H,12-13H2,1H3. The molecule has 0 unspecified atom stereocenters. The third-order valence-electron chi connectivity index (χ3n) is 4.87. The monoisotopic (exact) mass is 446 g/mol. The van der Waals surface area contributed by atoms with Crippen LogP contribution in [0.2, 0.25) is 0 Å². The molecule has 0 atom stereocenters. The molecule has 1 aromatic carbocycles. The van der Waals surface area contributed by atoms with Crippen LogP contribution < -0.4 is 0 Å². The number of imidazole rings is 1. The highest BCUT2D eigenvalue weighted by Gasteiger charge is 2.18. The molecule has 0 aliphatic heterocycles. The second kappa shape index (κ2) is 8.67. The van der Waals surface area contributed by atoms with E-state index in [1.54, 1.807) is 12.5 Å². The Morgan fingerprint density at radius 2 is 1.97 bits per heavy atom. The zero-order valence-corrected chi connectivity index (χ0v) is 17.9. The van der Waals surface area contributed by atoms with Crippen molar-refractivity contribution in [3.05, 3.63) is 73.2 Å². The van der Waals surface area contributed by atoms with Gasteiger partial charge in [0.2, 0.25) is 0 Å². The molecule has 4 heterocycles. The first-order chi connectivity index (χ1) is 15.7. The fourth-order valence-electron chi connectivity index (χ4n) is 3.33. The quantitative estimate of drug-likeness (QED) is 0.276. The van der Waals surface area contributed by atoms with Gasteiger partial charge in [-0.05, 0) is 29.5 Å². The van der Waals surface area contributed by atoms with Crippen LogP contribution in [0.1, 0.15) is 5.76 Å². The number of benzene rings is 1. The highest BCUT2D eigenvalue weighted by molar-refractivity contribution is 7.99. The lowest BCUT2D eigenvalue weighted by Gasteiger charge is -2.10. The molecule has 4 aromatic heterocycles. The second-order valence-electron chi connectivity index (χ2n) is 6.85. The van der Waals surface area contributed by atoms with Gasteiger partial charge >= 0.3 is 5.97 Å².